The lowest BCUT2D eigenvalue weighted by Crippen LogP contribution is -2.39. The molecule has 0 atom stereocenters. The van der Waals surface area contributed by atoms with E-state index < -0.39 is 5.97 Å². The van der Waals surface area contributed by atoms with Gasteiger partial charge in [-0.25, -0.2) is 9.48 Å². The Hall–Kier alpha value is -3.85. The molecule has 5 rings (SSSR count). The molecule has 0 saturated carbocycles. The zero-order valence-electron chi connectivity index (χ0n) is 18.2. The summed E-state index contributed by atoms with van der Waals surface area (Å²) in [4.78, 5) is 29.3. The van der Waals surface area contributed by atoms with Crippen LogP contribution >= 0.6 is 0 Å². The van der Waals surface area contributed by atoms with Crippen molar-refractivity contribution in [3.63, 3.8) is 0 Å². The van der Waals surface area contributed by atoms with E-state index in [4.69, 9.17) is 9.47 Å². The summed E-state index contributed by atoms with van der Waals surface area (Å²) in [5.74, 6) is -0.757. The van der Waals surface area contributed by atoms with Crippen LogP contribution in [0.4, 0.5) is 11.4 Å². The molecular formula is C24H24N4O5. The molecule has 0 radical (unpaired) electrons. The predicted molar refractivity (Wildman–Crippen MR) is 122 cm³/mol. The number of carboxylic acid groups (broad SMARTS) is 1. The van der Waals surface area contributed by atoms with Gasteiger partial charge in [0.15, 0.2) is 5.69 Å². The average molecular weight is 448 g/mol. The van der Waals surface area contributed by atoms with Gasteiger partial charge in [0.25, 0.3) is 5.91 Å². The quantitative estimate of drug-likeness (QED) is 0.641. The van der Waals surface area contributed by atoms with Crippen molar-refractivity contribution in [1.82, 2.24) is 9.78 Å². The Balaban J connectivity index is 1.49. The number of morpholine rings is 1. The number of hydrogen-bond donors (Lipinski definition) is 1. The van der Waals surface area contributed by atoms with Gasteiger partial charge < -0.3 is 24.4 Å². The van der Waals surface area contributed by atoms with Crippen molar-refractivity contribution < 1.29 is 24.2 Å². The summed E-state index contributed by atoms with van der Waals surface area (Å²) >= 11 is 0. The summed E-state index contributed by atoms with van der Waals surface area (Å²) in [6.07, 6.45) is 0.407. The van der Waals surface area contributed by atoms with E-state index in [1.54, 1.807) is 36.3 Å². The minimum atomic E-state index is -1.14. The van der Waals surface area contributed by atoms with Gasteiger partial charge in [0.1, 0.15) is 11.4 Å². The Bertz CT molecular complexity index is 1180. The van der Waals surface area contributed by atoms with E-state index >= 15 is 0 Å². The summed E-state index contributed by atoms with van der Waals surface area (Å²) in [7, 11) is 1.57. The van der Waals surface area contributed by atoms with Gasteiger partial charge in [0.05, 0.1) is 26.0 Å². The maximum absolute atomic E-state index is 13.6. The van der Waals surface area contributed by atoms with Gasteiger partial charge in [-0.05, 0) is 55.0 Å². The first-order valence-corrected chi connectivity index (χ1v) is 10.8. The molecule has 1 fully saturated rings. The predicted octanol–water partition coefficient (Wildman–Crippen LogP) is 2.62. The van der Waals surface area contributed by atoms with Crippen LogP contribution in [0.15, 0.2) is 48.5 Å². The minimum absolute atomic E-state index is 0.0866. The molecule has 0 unspecified atom stereocenters. The van der Waals surface area contributed by atoms with Crippen LogP contribution in [0.3, 0.4) is 0 Å². The van der Waals surface area contributed by atoms with Crippen LogP contribution in [0.5, 0.6) is 5.75 Å². The van der Waals surface area contributed by atoms with Crippen molar-refractivity contribution >= 4 is 23.3 Å². The van der Waals surface area contributed by atoms with Gasteiger partial charge in [0, 0.05) is 36.6 Å². The molecule has 3 aromatic rings. The third-order valence-electron chi connectivity index (χ3n) is 6.07. The Kier molecular flexibility index (Phi) is 5.47. The van der Waals surface area contributed by atoms with Crippen molar-refractivity contribution in [2.75, 3.05) is 49.8 Å². The van der Waals surface area contributed by atoms with E-state index in [0.717, 1.165) is 24.5 Å². The lowest BCUT2D eigenvalue weighted by molar-refractivity contribution is 0.0688. The molecule has 2 aliphatic rings. The second-order valence-electron chi connectivity index (χ2n) is 7.91. The molecule has 0 bridgehead atoms. The van der Waals surface area contributed by atoms with Crippen LogP contribution < -0.4 is 14.5 Å². The Morgan fingerprint density at radius 3 is 2.24 bits per heavy atom. The van der Waals surface area contributed by atoms with Gasteiger partial charge in [0.2, 0.25) is 0 Å². The standard InChI is InChI=1S/C24H24N4O5/c1-32-19-8-6-18(7-9-19)28-22-20(21(25-28)24(30)31)10-11-27(23(22)29)17-4-2-16(3-5-17)26-12-14-33-15-13-26/h2-9H,10-15H2,1H3,(H,30,31). The molecule has 0 spiro atoms. The van der Waals surface area contributed by atoms with Crippen molar-refractivity contribution in [2.45, 2.75) is 6.42 Å². The average Bonchev–Trinajstić information content (AvgIpc) is 3.26. The Labute approximate surface area is 190 Å². The molecule has 1 amide bonds. The van der Waals surface area contributed by atoms with Gasteiger partial charge >= 0.3 is 5.97 Å². The lowest BCUT2D eigenvalue weighted by Gasteiger charge is -2.30. The zero-order valence-corrected chi connectivity index (χ0v) is 18.2. The number of carbonyl (C=O) groups is 2. The van der Waals surface area contributed by atoms with Crippen molar-refractivity contribution in [3.8, 4) is 11.4 Å². The highest BCUT2D eigenvalue weighted by Gasteiger charge is 2.35. The third-order valence-corrected chi connectivity index (χ3v) is 6.07. The highest BCUT2D eigenvalue weighted by atomic mass is 16.5. The molecule has 1 aromatic heterocycles. The molecule has 3 heterocycles. The summed E-state index contributed by atoms with van der Waals surface area (Å²) < 4.78 is 12.0. The van der Waals surface area contributed by atoms with Crippen LogP contribution in [-0.4, -0.2) is 66.7 Å². The SMILES string of the molecule is COc1ccc(-n2nc(C(=O)O)c3c2C(=O)N(c2ccc(N4CCOCC4)cc2)CC3)cc1. The highest BCUT2D eigenvalue weighted by molar-refractivity contribution is 6.09. The number of carboxylic acids is 1. The smallest absolute Gasteiger partial charge is 0.356 e. The van der Waals surface area contributed by atoms with E-state index in [9.17, 15) is 14.7 Å². The highest BCUT2D eigenvalue weighted by Crippen LogP contribution is 2.30. The van der Waals surface area contributed by atoms with Crippen molar-refractivity contribution in [3.05, 3.63) is 65.5 Å². The van der Waals surface area contributed by atoms with E-state index in [-0.39, 0.29) is 17.3 Å². The fraction of sp³-hybridized carbons (Fsp3) is 0.292. The van der Waals surface area contributed by atoms with Gasteiger partial charge in [-0.3, -0.25) is 4.79 Å². The lowest BCUT2D eigenvalue weighted by atomic mass is 10.0. The van der Waals surface area contributed by atoms with Crippen LogP contribution in [0.25, 0.3) is 5.69 Å². The number of carbonyl (C=O) groups excluding carboxylic acids is 1. The molecule has 9 nitrogen and oxygen atoms in total. The number of rotatable bonds is 5. The number of amides is 1. The van der Waals surface area contributed by atoms with Crippen LogP contribution in [-0.2, 0) is 11.2 Å². The summed E-state index contributed by atoms with van der Waals surface area (Å²) in [6, 6.07) is 14.9. The number of aromatic nitrogens is 2. The molecule has 2 aromatic carbocycles. The monoisotopic (exact) mass is 448 g/mol. The Morgan fingerprint density at radius 1 is 0.970 bits per heavy atom. The molecule has 9 heteroatoms. The molecule has 1 saturated heterocycles. The molecule has 2 aliphatic heterocycles. The number of benzene rings is 2. The van der Waals surface area contributed by atoms with Crippen LogP contribution in [0.2, 0.25) is 0 Å². The fourth-order valence-corrected chi connectivity index (χ4v) is 4.35. The van der Waals surface area contributed by atoms with Crippen LogP contribution in [0.1, 0.15) is 26.5 Å². The molecule has 1 N–H and O–H groups in total. The van der Waals surface area contributed by atoms with Gasteiger partial charge in [-0.15, -0.1) is 0 Å². The number of fused-ring (bicyclic) bond motifs is 1. The first-order chi connectivity index (χ1) is 16.1. The molecular weight excluding hydrogens is 424 g/mol. The molecule has 0 aliphatic carbocycles. The van der Waals surface area contributed by atoms with Crippen molar-refractivity contribution in [1.29, 1.82) is 0 Å². The number of hydrogen-bond acceptors (Lipinski definition) is 6. The van der Waals surface area contributed by atoms with E-state index in [1.807, 2.05) is 24.3 Å². The maximum Gasteiger partial charge on any atom is 0.356 e. The second kappa shape index (κ2) is 8.59. The largest absolute Gasteiger partial charge is 0.497 e. The number of anilines is 2. The topological polar surface area (TPSA) is 97.1 Å². The normalized spacial score (nSPS) is 16.0. The number of ether oxygens (including phenoxy) is 2. The second-order valence-corrected chi connectivity index (χ2v) is 7.91. The summed E-state index contributed by atoms with van der Waals surface area (Å²) in [6.45, 7) is 3.47. The van der Waals surface area contributed by atoms with Crippen LogP contribution in [0, 0.1) is 0 Å². The summed E-state index contributed by atoms with van der Waals surface area (Å²) in [5, 5.41) is 14.0. The molecule has 170 valence electrons. The van der Waals surface area contributed by atoms with Gasteiger partial charge in [-0.1, -0.05) is 0 Å². The summed E-state index contributed by atoms with van der Waals surface area (Å²) in [5.41, 5.74) is 3.10. The van der Waals surface area contributed by atoms with Gasteiger partial charge in [-0.2, -0.15) is 5.10 Å². The molecule has 33 heavy (non-hydrogen) atoms. The van der Waals surface area contributed by atoms with E-state index in [2.05, 4.69) is 10.00 Å². The van der Waals surface area contributed by atoms with E-state index in [1.165, 1.54) is 4.68 Å². The maximum atomic E-state index is 13.6. The number of nitrogens with zero attached hydrogens (tertiary/aromatic N) is 4. The van der Waals surface area contributed by atoms with E-state index in [0.29, 0.717) is 43.2 Å². The third kappa shape index (κ3) is 3.80. The fourth-order valence-electron chi connectivity index (χ4n) is 4.35. The first-order valence-electron chi connectivity index (χ1n) is 10.8. The first kappa shape index (κ1) is 21.0. The minimum Gasteiger partial charge on any atom is -0.497 e. The zero-order chi connectivity index (χ0) is 22.9. The number of aromatic carboxylic acids is 1. The van der Waals surface area contributed by atoms with Crippen molar-refractivity contribution in [2.24, 2.45) is 0 Å². The number of methoxy groups -OCH3 is 1. The Morgan fingerprint density at radius 2 is 1.61 bits per heavy atom.